The summed E-state index contributed by atoms with van der Waals surface area (Å²) >= 11 is 0. The van der Waals surface area contributed by atoms with Crippen LogP contribution in [0.25, 0.3) is 0 Å². The van der Waals surface area contributed by atoms with Crippen LogP contribution in [0.15, 0.2) is 78.9 Å². The van der Waals surface area contributed by atoms with Crippen molar-refractivity contribution >= 4 is 46.6 Å². The molecule has 9 atom stereocenters. The summed E-state index contributed by atoms with van der Waals surface area (Å²) in [6.07, 6.45) is -1.43. The highest BCUT2D eigenvalue weighted by Gasteiger charge is 2.48. The Balaban J connectivity index is 1.01. The molecule has 4 aromatic rings. The Morgan fingerprint density at radius 3 is 2.36 bits per heavy atom. The Kier molecular flexibility index (Phi) is 18.0. The van der Waals surface area contributed by atoms with Gasteiger partial charge < -0.3 is 56.3 Å². The van der Waals surface area contributed by atoms with Crippen molar-refractivity contribution in [3.63, 3.8) is 0 Å². The fourth-order valence-corrected chi connectivity index (χ4v) is 10.7. The number of anilines is 3. The molecule has 4 aromatic carbocycles. The fraction of sp³-hybridized carbons (Fsp3) is 0.482. The molecule has 0 saturated carbocycles. The van der Waals surface area contributed by atoms with E-state index in [1.165, 1.54) is 30.2 Å². The number of para-hydroxylation sites is 1. The number of morpholine rings is 1. The number of ether oxygens (including phenoxy) is 2. The average molecular weight is 1070 g/mol. The van der Waals surface area contributed by atoms with Crippen molar-refractivity contribution in [2.24, 2.45) is 0 Å². The zero-order chi connectivity index (χ0) is 55.3. The highest BCUT2D eigenvalue weighted by Crippen LogP contribution is 2.43. The number of hydrogen-bond acceptors (Lipinski definition) is 13. The third-order valence-electron chi connectivity index (χ3n) is 15.5. The standard InChI is InChI=1S/C56H71F3N10O8/c1-32-26-67(41(24-61-32)28-66-19-20-77-30-33(66)2)29-48(71)69-31-56(5,43-18-13-37(22-46(43)69)21-36-11-15-39(57)16-12-36)55(75)62-25-47(70)63-40-17-14-38-27-68(54(74)49(35(4)76-7)64-52(72)34(3)60-6)51(42(38)23-40)53(73)65-50-44(58)9-8-10-45(50)59/h8-18,22-23,32-35,41,48-49,51,60-61,71H,19-21,24-31H2,1-7H3,(H,62,75)(H,63,70)(H,64,72)(H,65,73)/t32-,33-,34+,35-,41-,48?,49+,51+,56-/m1/s1. The number of likely N-dealkylation sites (N-methyl/N-ethyl adjacent to an activating group) is 1. The summed E-state index contributed by atoms with van der Waals surface area (Å²) in [6, 6.07) is 16.8. The first-order valence-electron chi connectivity index (χ1n) is 26.2. The molecule has 0 radical (unpaired) electrons. The van der Waals surface area contributed by atoms with E-state index in [2.05, 4.69) is 55.5 Å². The molecule has 18 nitrogen and oxygen atoms in total. The molecule has 1 unspecified atom stereocenters. The van der Waals surface area contributed by atoms with Crippen LogP contribution in [-0.2, 0) is 51.8 Å². The first kappa shape index (κ1) is 56.7. The topological polar surface area (TPSA) is 209 Å². The zero-order valence-corrected chi connectivity index (χ0v) is 44.6. The molecule has 0 spiro atoms. The van der Waals surface area contributed by atoms with Crippen molar-refractivity contribution in [2.45, 2.75) is 102 Å². The normalized spacial score (nSPS) is 23.1. The van der Waals surface area contributed by atoms with Gasteiger partial charge >= 0.3 is 0 Å². The van der Waals surface area contributed by atoms with Crippen LogP contribution < -0.4 is 36.8 Å². The van der Waals surface area contributed by atoms with Crippen LogP contribution in [0.2, 0.25) is 0 Å². The quantitative estimate of drug-likeness (QED) is 0.0720. The van der Waals surface area contributed by atoms with Crippen molar-refractivity contribution in [1.82, 2.24) is 36.0 Å². The van der Waals surface area contributed by atoms with Gasteiger partial charge in [-0.1, -0.05) is 36.4 Å². The minimum atomic E-state index is -1.50. The lowest BCUT2D eigenvalue weighted by atomic mass is 9.83. The number of aliphatic hydroxyl groups is 1. The summed E-state index contributed by atoms with van der Waals surface area (Å²) in [6.45, 7) is 13.3. The van der Waals surface area contributed by atoms with Crippen molar-refractivity contribution in [2.75, 3.05) is 88.7 Å². The van der Waals surface area contributed by atoms with E-state index in [1.807, 2.05) is 23.1 Å². The maximum Gasteiger partial charge on any atom is 0.252 e. The average Bonchev–Trinajstić information content (AvgIpc) is 3.95. The molecule has 77 heavy (non-hydrogen) atoms. The Morgan fingerprint density at radius 1 is 0.935 bits per heavy atom. The predicted octanol–water partition coefficient (Wildman–Crippen LogP) is 3.38. The molecule has 5 amide bonds. The lowest BCUT2D eigenvalue weighted by Crippen LogP contribution is -2.62. The molecule has 4 heterocycles. The number of rotatable bonds is 19. The molecule has 4 aliphatic heterocycles. The minimum absolute atomic E-state index is 0.0895. The molecule has 0 bridgehead atoms. The molecule has 414 valence electrons. The molecular weight excluding hydrogens is 998 g/mol. The second kappa shape index (κ2) is 24.5. The second-order valence-corrected chi connectivity index (χ2v) is 21.0. The van der Waals surface area contributed by atoms with Gasteiger partial charge in [0.2, 0.25) is 23.6 Å². The number of methoxy groups -OCH3 is 1. The van der Waals surface area contributed by atoms with Gasteiger partial charge in [0.25, 0.3) is 5.91 Å². The van der Waals surface area contributed by atoms with Crippen LogP contribution >= 0.6 is 0 Å². The maximum absolute atomic E-state index is 14.9. The molecule has 4 aliphatic rings. The molecule has 2 fully saturated rings. The molecule has 2 saturated heterocycles. The van der Waals surface area contributed by atoms with E-state index in [0.717, 1.165) is 49.0 Å². The van der Waals surface area contributed by atoms with Gasteiger partial charge in [0.15, 0.2) is 0 Å². The Labute approximate surface area is 447 Å². The third kappa shape index (κ3) is 12.8. The number of carbonyl (C=O) groups is 5. The number of nitrogens with one attached hydrogen (secondary N) is 6. The number of β-amino-alcohol motifs (C(OH)–C–C–N with tert-alkyl or cyclic N) is 1. The van der Waals surface area contributed by atoms with Gasteiger partial charge in [-0.05, 0) is 118 Å². The van der Waals surface area contributed by atoms with Crippen molar-refractivity contribution in [1.29, 1.82) is 0 Å². The van der Waals surface area contributed by atoms with Gasteiger partial charge in [0.05, 0.1) is 37.3 Å². The molecule has 8 rings (SSSR count). The van der Waals surface area contributed by atoms with Crippen molar-refractivity contribution < 1.29 is 51.7 Å². The summed E-state index contributed by atoms with van der Waals surface area (Å²) in [7, 11) is 2.94. The van der Waals surface area contributed by atoms with Gasteiger partial charge in [0, 0.05) is 82.4 Å². The highest BCUT2D eigenvalue weighted by molar-refractivity contribution is 6.02. The predicted molar refractivity (Wildman–Crippen MR) is 284 cm³/mol. The van der Waals surface area contributed by atoms with E-state index in [1.54, 1.807) is 52.1 Å². The summed E-state index contributed by atoms with van der Waals surface area (Å²) in [5, 5.41) is 29.3. The van der Waals surface area contributed by atoms with Crippen LogP contribution in [-0.4, -0.2) is 165 Å². The van der Waals surface area contributed by atoms with Gasteiger partial charge in [-0.3, -0.25) is 33.8 Å². The monoisotopic (exact) mass is 1070 g/mol. The van der Waals surface area contributed by atoms with E-state index in [0.29, 0.717) is 49.5 Å². The van der Waals surface area contributed by atoms with E-state index in [4.69, 9.17) is 9.47 Å². The second-order valence-electron chi connectivity index (χ2n) is 21.0. The summed E-state index contributed by atoms with van der Waals surface area (Å²) in [5.74, 6) is -5.73. The third-order valence-corrected chi connectivity index (χ3v) is 15.5. The number of nitrogens with zero attached hydrogens (tertiary/aromatic N) is 4. The van der Waals surface area contributed by atoms with Crippen molar-refractivity contribution in [3.8, 4) is 0 Å². The Hall–Kier alpha value is -6.46. The van der Waals surface area contributed by atoms with Crippen LogP contribution in [0.1, 0.15) is 68.5 Å². The number of benzene rings is 4. The number of fused-ring (bicyclic) bond motifs is 2. The number of piperazine rings is 1. The number of carbonyl (C=O) groups excluding carboxylic acids is 5. The SMILES string of the molecule is CN[C@@H](C)C(=O)N[C@H](C(=O)N1Cc2ccc(NC(=O)CNC(=O)[C@]3(C)CN(C(O)CN4C[C@@H](C)NC[C@@H]4CN4CCOC[C@H]4C)c4cc(Cc5ccc(F)cc5)ccc43)cc2[C@H]1C(=O)Nc1c(F)cccc1F)[C@@H](C)OC. The molecule has 21 heteroatoms. The van der Waals surface area contributed by atoms with E-state index < -0.39 is 89.3 Å². The Morgan fingerprint density at radius 2 is 1.66 bits per heavy atom. The first-order chi connectivity index (χ1) is 36.8. The summed E-state index contributed by atoms with van der Waals surface area (Å²) in [5.41, 5.74) is 2.03. The number of halogens is 3. The minimum Gasteiger partial charge on any atom is -0.379 e. The molecule has 0 aromatic heterocycles. The Bertz CT molecular complexity index is 2790. The first-order valence-corrected chi connectivity index (χ1v) is 26.2. The summed E-state index contributed by atoms with van der Waals surface area (Å²) < 4.78 is 54.9. The number of amides is 5. The highest BCUT2D eigenvalue weighted by atomic mass is 19.1. The van der Waals surface area contributed by atoms with Gasteiger partial charge in [-0.25, -0.2) is 13.2 Å². The summed E-state index contributed by atoms with van der Waals surface area (Å²) in [4.78, 5) is 77.9. The fourth-order valence-electron chi connectivity index (χ4n) is 10.7. The van der Waals surface area contributed by atoms with Crippen LogP contribution in [0, 0.1) is 17.5 Å². The number of aliphatic hydroxyl groups excluding tert-OH is 1. The van der Waals surface area contributed by atoms with E-state index in [9.17, 15) is 42.3 Å². The molecular formula is C56H71F3N10O8. The zero-order valence-electron chi connectivity index (χ0n) is 44.6. The van der Waals surface area contributed by atoms with E-state index >= 15 is 0 Å². The van der Waals surface area contributed by atoms with Crippen LogP contribution in [0.5, 0.6) is 0 Å². The van der Waals surface area contributed by atoms with Gasteiger partial charge in [-0.15, -0.1) is 0 Å². The largest absolute Gasteiger partial charge is 0.379 e. The molecule has 7 N–H and O–H groups in total. The molecule has 0 aliphatic carbocycles. The smallest absolute Gasteiger partial charge is 0.252 e. The van der Waals surface area contributed by atoms with E-state index in [-0.39, 0.29) is 48.3 Å². The van der Waals surface area contributed by atoms with Crippen molar-refractivity contribution in [3.05, 3.63) is 124 Å². The lowest BCUT2D eigenvalue weighted by Gasteiger charge is -2.45. The van der Waals surface area contributed by atoms with Gasteiger partial charge in [0.1, 0.15) is 41.5 Å². The number of hydrogen-bond donors (Lipinski definition) is 7. The van der Waals surface area contributed by atoms with Gasteiger partial charge in [-0.2, -0.15) is 0 Å². The lowest BCUT2D eigenvalue weighted by molar-refractivity contribution is -0.145. The maximum atomic E-state index is 14.9. The van der Waals surface area contributed by atoms with Crippen LogP contribution in [0.4, 0.5) is 30.2 Å². The van der Waals surface area contributed by atoms with Crippen LogP contribution in [0.3, 0.4) is 0 Å².